The fraction of sp³-hybridized carbons (Fsp3) is 0.250. The Hall–Kier alpha value is -1.19. The lowest BCUT2D eigenvalue weighted by Crippen LogP contribution is -2.43. The number of hydrogen-bond acceptors (Lipinski definition) is 3. The van der Waals surface area contributed by atoms with Gasteiger partial charge >= 0.3 is 0 Å². The standard InChI is InChI=1S/C4H8N4/c5-3(6)4-7-1-2-8-4/h1-2,4,7-8H,(H3,5,6). The van der Waals surface area contributed by atoms with E-state index in [0.717, 1.165) is 0 Å². The highest BCUT2D eigenvalue weighted by atomic mass is 15.2. The first-order chi connectivity index (χ1) is 3.80. The molecule has 5 N–H and O–H groups in total. The fourth-order valence-corrected chi connectivity index (χ4v) is 0.516. The average Bonchev–Trinajstić information content (AvgIpc) is 2.12. The smallest absolute Gasteiger partial charge is 0.155 e. The van der Waals surface area contributed by atoms with Crippen molar-refractivity contribution < 1.29 is 0 Å². The summed E-state index contributed by atoms with van der Waals surface area (Å²) in [5.74, 6) is 0.106. The van der Waals surface area contributed by atoms with E-state index in [2.05, 4.69) is 10.6 Å². The molecule has 1 heterocycles. The van der Waals surface area contributed by atoms with Crippen LogP contribution in [0.15, 0.2) is 12.4 Å². The van der Waals surface area contributed by atoms with Crippen LogP contribution < -0.4 is 16.4 Å². The van der Waals surface area contributed by atoms with Gasteiger partial charge in [0.15, 0.2) is 6.17 Å². The van der Waals surface area contributed by atoms with E-state index in [0.29, 0.717) is 0 Å². The molecule has 0 spiro atoms. The monoisotopic (exact) mass is 112 g/mol. The minimum absolute atomic E-state index is 0.106. The summed E-state index contributed by atoms with van der Waals surface area (Å²) in [5, 5.41) is 12.5. The Morgan fingerprint density at radius 2 is 2.00 bits per heavy atom. The van der Waals surface area contributed by atoms with Gasteiger partial charge < -0.3 is 16.4 Å². The molecule has 4 heteroatoms. The second kappa shape index (κ2) is 1.73. The summed E-state index contributed by atoms with van der Waals surface area (Å²) in [4.78, 5) is 0. The first kappa shape index (κ1) is 4.96. The van der Waals surface area contributed by atoms with Crippen molar-refractivity contribution in [1.29, 1.82) is 5.41 Å². The summed E-state index contributed by atoms with van der Waals surface area (Å²) in [6, 6.07) is 0. The highest BCUT2D eigenvalue weighted by Crippen LogP contribution is 1.83. The van der Waals surface area contributed by atoms with Crippen molar-refractivity contribution in [3.05, 3.63) is 12.4 Å². The lowest BCUT2D eigenvalue weighted by atomic mass is 10.5. The van der Waals surface area contributed by atoms with Crippen LogP contribution in [0.2, 0.25) is 0 Å². The number of hydrogen-bond donors (Lipinski definition) is 4. The van der Waals surface area contributed by atoms with Crippen molar-refractivity contribution in [2.75, 3.05) is 0 Å². The van der Waals surface area contributed by atoms with Crippen LogP contribution in [0.1, 0.15) is 0 Å². The second-order valence-corrected chi connectivity index (χ2v) is 1.56. The Morgan fingerprint density at radius 3 is 2.25 bits per heavy atom. The predicted octanol–water partition coefficient (Wildman–Crippen LogP) is -1.09. The molecule has 0 aromatic carbocycles. The minimum Gasteiger partial charge on any atom is -0.384 e. The van der Waals surface area contributed by atoms with Gasteiger partial charge in [-0.05, 0) is 0 Å². The van der Waals surface area contributed by atoms with Gasteiger partial charge in [-0.25, -0.2) is 0 Å². The maximum absolute atomic E-state index is 6.90. The Bertz CT molecular complexity index is 120. The van der Waals surface area contributed by atoms with E-state index in [9.17, 15) is 0 Å². The SMILES string of the molecule is N=C(N)C1NC=CN1. The average molecular weight is 112 g/mol. The Labute approximate surface area is 47.3 Å². The molecule has 44 valence electrons. The molecule has 0 saturated carbocycles. The van der Waals surface area contributed by atoms with Crippen molar-refractivity contribution >= 4 is 5.84 Å². The lowest BCUT2D eigenvalue weighted by Gasteiger charge is -2.07. The number of nitrogens with one attached hydrogen (secondary N) is 3. The molecule has 0 amide bonds. The van der Waals surface area contributed by atoms with E-state index in [4.69, 9.17) is 11.1 Å². The normalized spacial score (nSPS) is 17.5. The second-order valence-electron chi connectivity index (χ2n) is 1.56. The molecular weight excluding hydrogens is 104 g/mol. The quantitative estimate of drug-likeness (QED) is 0.257. The van der Waals surface area contributed by atoms with Gasteiger partial charge in [0.25, 0.3) is 0 Å². The Morgan fingerprint density at radius 1 is 1.50 bits per heavy atom. The zero-order chi connectivity index (χ0) is 5.98. The van der Waals surface area contributed by atoms with Crippen LogP contribution >= 0.6 is 0 Å². The van der Waals surface area contributed by atoms with Crippen LogP contribution in [-0.2, 0) is 0 Å². The highest BCUT2D eigenvalue weighted by molar-refractivity contribution is 5.82. The largest absolute Gasteiger partial charge is 0.384 e. The molecule has 0 aromatic rings. The summed E-state index contributed by atoms with van der Waals surface area (Å²) < 4.78 is 0. The van der Waals surface area contributed by atoms with E-state index < -0.39 is 0 Å². The molecule has 1 aliphatic heterocycles. The number of nitrogens with two attached hydrogens (primary N) is 1. The van der Waals surface area contributed by atoms with Crippen LogP contribution in [0, 0.1) is 5.41 Å². The molecule has 1 rings (SSSR count). The molecular formula is C4H8N4. The molecule has 0 bridgehead atoms. The predicted molar refractivity (Wildman–Crippen MR) is 31.1 cm³/mol. The zero-order valence-electron chi connectivity index (χ0n) is 4.31. The number of amidine groups is 1. The van der Waals surface area contributed by atoms with Crippen molar-refractivity contribution in [3.63, 3.8) is 0 Å². The molecule has 1 aliphatic rings. The van der Waals surface area contributed by atoms with E-state index in [1.54, 1.807) is 12.4 Å². The van der Waals surface area contributed by atoms with Gasteiger partial charge in [-0.2, -0.15) is 0 Å². The third-order valence-corrected chi connectivity index (χ3v) is 0.920. The highest BCUT2D eigenvalue weighted by Gasteiger charge is 2.08. The van der Waals surface area contributed by atoms with Crippen LogP contribution in [-0.4, -0.2) is 12.0 Å². The topological polar surface area (TPSA) is 73.9 Å². The summed E-state index contributed by atoms with van der Waals surface area (Å²) in [6.45, 7) is 0. The van der Waals surface area contributed by atoms with Crippen LogP contribution in [0.3, 0.4) is 0 Å². The molecule has 0 saturated heterocycles. The van der Waals surface area contributed by atoms with E-state index in [-0.39, 0.29) is 12.0 Å². The fourth-order valence-electron chi connectivity index (χ4n) is 0.516. The molecule has 0 fully saturated rings. The van der Waals surface area contributed by atoms with E-state index in [1.165, 1.54) is 0 Å². The zero-order valence-corrected chi connectivity index (χ0v) is 4.31. The molecule has 0 radical (unpaired) electrons. The first-order valence-corrected chi connectivity index (χ1v) is 2.32. The van der Waals surface area contributed by atoms with Crippen LogP contribution in [0.25, 0.3) is 0 Å². The lowest BCUT2D eigenvalue weighted by molar-refractivity contribution is 0.714. The van der Waals surface area contributed by atoms with Gasteiger partial charge in [0.1, 0.15) is 5.84 Å². The first-order valence-electron chi connectivity index (χ1n) is 2.32. The maximum atomic E-state index is 6.90. The third-order valence-electron chi connectivity index (χ3n) is 0.920. The summed E-state index contributed by atoms with van der Waals surface area (Å²) in [6.07, 6.45) is 3.24. The van der Waals surface area contributed by atoms with Gasteiger partial charge in [-0.15, -0.1) is 0 Å². The maximum Gasteiger partial charge on any atom is 0.155 e. The number of rotatable bonds is 1. The van der Waals surface area contributed by atoms with E-state index >= 15 is 0 Å². The molecule has 0 aliphatic carbocycles. The van der Waals surface area contributed by atoms with Crippen molar-refractivity contribution in [2.24, 2.45) is 5.73 Å². The van der Waals surface area contributed by atoms with Crippen molar-refractivity contribution in [2.45, 2.75) is 6.17 Å². The summed E-state index contributed by atoms with van der Waals surface area (Å²) >= 11 is 0. The van der Waals surface area contributed by atoms with Gasteiger partial charge in [0.05, 0.1) is 0 Å². The Balaban J connectivity index is 2.41. The van der Waals surface area contributed by atoms with Crippen molar-refractivity contribution in [1.82, 2.24) is 10.6 Å². The third kappa shape index (κ3) is 0.726. The van der Waals surface area contributed by atoms with Gasteiger partial charge in [-0.1, -0.05) is 0 Å². The summed E-state index contributed by atoms with van der Waals surface area (Å²) in [5.41, 5.74) is 5.12. The van der Waals surface area contributed by atoms with Crippen LogP contribution in [0.5, 0.6) is 0 Å². The Kier molecular flexibility index (Phi) is 1.07. The molecule has 8 heavy (non-hydrogen) atoms. The molecule has 4 nitrogen and oxygen atoms in total. The van der Waals surface area contributed by atoms with Gasteiger partial charge in [0, 0.05) is 12.4 Å². The molecule has 0 atom stereocenters. The summed E-state index contributed by atoms with van der Waals surface area (Å²) in [7, 11) is 0. The van der Waals surface area contributed by atoms with Crippen LogP contribution in [0.4, 0.5) is 0 Å². The molecule has 0 unspecified atom stereocenters. The molecule has 0 aromatic heterocycles. The van der Waals surface area contributed by atoms with Gasteiger partial charge in [-0.3, -0.25) is 5.41 Å². The minimum atomic E-state index is -0.185. The van der Waals surface area contributed by atoms with E-state index in [1.807, 2.05) is 0 Å². The van der Waals surface area contributed by atoms with Crippen molar-refractivity contribution in [3.8, 4) is 0 Å². The van der Waals surface area contributed by atoms with Gasteiger partial charge in [0.2, 0.25) is 0 Å².